The van der Waals surface area contributed by atoms with Crippen LogP contribution in [0.25, 0.3) is 0 Å². The lowest BCUT2D eigenvalue weighted by molar-refractivity contribution is 0.266. The number of aliphatic hydroxyl groups excluding tert-OH is 2. The van der Waals surface area contributed by atoms with Gasteiger partial charge >= 0.3 is 5.69 Å². The van der Waals surface area contributed by atoms with E-state index in [1.54, 1.807) is 10.8 Å². The minimum absolute atomic E-state index is 0.0756. The van der Waals surface area contributed by atoms with Crippen LogP contribution in [-0.2, 0) is 19.5 Å². The molecule has 0 fully saturated rings. The van der Waals surface area contributed by atoms with Crippen molar-refractivity contribution in [1.82, 2.24) is 9.13 Å². The molecule has 0 unspecified atom stereocenters. The molecule has 0 saturated heterocycles. The Morgan fingerprint density at radius 3 is 2.32 bits per heavy atom. The van der Waals surface area contributed by atoms with Crippen LogP contribution in [0.3, 0.4) is 0 Å². The molecule has 1 heterocycles. The molecular weight excluding hydrogens is 244 g/mol. The molecule has 0 bridgehead atoms. The van der Waals surface area contributed by atoms with Crippen LogP contribution >= 0.6 is 0 Å². The van der Waals surface area contributed by atoms with E-state index >= 15 is 0 Å². The quantitative estimate of drug-likeness (QED) is 0.783. The minimum Gasteiger partial charge on any atom is -0.395 e. The summed E-state index contributed by atoms with van der Waals surface area (Å²) in [6.45, 7) is 0.400. The van der Waals surface area contributed by atoms with E-state index in [1.165, 1.54) is 4.57 Å². The summed E-state index contributed by atoms with van der Waals surface area (Å²) in [5, 5.41) is 18.0. The van der Waals surface area contributed by atoms with Crippen molar-refractivity contribution in [3.05, 3.63) is 58.3 Å². The van der Waals surface area contributed by atoms with Gasteiger partial charge in [-0.2, -0.15) is 0 Å². The van der Waals surface area contributed by atoms with Crippen LogP contribution in [0, 0.1) is 0 Å². The lowest BCUT2D eigenvalue weighted by Crippen LogP contribution is -2.27. The number of hydrogen-bond acceptors (Lipinski definition) is 3. The second-order valence-electron chi connectivity index (χ2n) is 4.36. The fraction of sp³-hybridized carbons (Fsp3) is 0.357. The van der Waals surface area contributed by atoms with Crippen molar-refractivity contribution in [2.24, 2.45) is 0 Å². The first kappa shape index (κ1) is 13.6. The van der Waals surface area contributed by atoms with E-state index in [0.717, 1.165) is 11.3 Å². The maximum atomic E-state index is 12.1. The van der Waals surface area contributed by atoms with Crippen molar-refractivity contribution in [3.8, 4) is 0 Å². The van der Waals surface area contributed by atoms with Crippen molar-refractivity contribution in [2.45, 2.75) is 19.5 Å². The SMILES string of the molecule is O=c1n(CCO)cc(Cc2ccccc2)n1CCO. The topological polar surface area (TPSA) is 67.4 Å². The van der Waals surface area contributed by atoms with Crippen molar-refractivity contribution in [2.75, 3.05) is 13.2 Å². The predicted octanol–water partition coefficient (Wildman–Crippen LogP) is 0.225. The van der Waals surface area contributed by atoms with Gasteiger partial charge in [-0.15, -0.1) is 0 Å². The molecule has 1 aromatic carbocycles. The van der Waals surface area contributed by atoms with Gasteiger partial charge in [-0.25, -0.2) is 4.79 Å². The van der Waals surface area contributed by atoms with E-state index in [0.29, 0.717) is 6.42 Å². The zero-order valence-electron chi connectivity index (χ0n) is 10.7. The standard InChI is InChI=1S/C14H18N2O3/c17-8-6-15-11-13(16(7-9-18)14(15)19)10-12-4-2-1-3-5-12/h1-5,11,17-18H,6-10H2. The molecule has 0 radical (unpaired) electrons. The third-order valence-electron chi connectivity index (χ3n) is 3.02. The number of hydrogen-bond donors (Lipinski definition) is 2. The summed E-state index contributed by atoms with van der Waals surface area (Å²) >= 11 is 0. The highest BCUT2D eigenvalue weighted by molar-refractivity contribution is 5.21. The third-order valence-corrected chi connectivity index (χ3v) is 3.02. The summed E-state index contributed by atoms with van der Waals surface area (Å²) in [5.74, 6) is 0. The Labute approximate surface area is 111 Å². The Kier molecular flexibility index (Phi) is 4.54. The third kappa shape index (κ3) is 3.13. The van der Waals surface area contributed by atoms with Crippen LogP contribution < -0.4 is 5.69 Å². The van der Waals surface area contributed by atoms with Crippen molar-refractivity contribution < 1.29 is 10.2 Å². The summed E-state index contributed by atoms with van der Waals surface area (Å²) < 4.78 is 3.04. The minimum atomic E-state index is -0.186. The summed E-state index contributed by atoms with van der Waals surface area (Å²) in [4.78, 5) is 12.1. The summed E-state index contributed by atoms with van der Waals surface area (Å²) in [6.07, 6.45) is 2.38. The smallest absolute Gasteiger partial charge is 0.328 e. The predicted molar refractivity (Wildman–Crippen MR) is 72.1 cm³/mol. The zero-order valence-corrected chi connectivity index (χ0v) is 10.7. The molecule has 0 saturated carbocycles. The summed E-state index contributed by atoms with van der Waals surface area (Å²) in [7, 11) is 0. The van der Waals surface area contributed by atoms with Crippen LogP contribution in [-0.4, -0.2) is 32.6 Å². The molecule has 5 nitrogen and oxygen atoms in total. The van der Waals surface area contributed by atoms with E-state index in [2.05, 4.69) is 0 Å². The molecule has 2 N–H and O–H groups in total. The Balaban J connectivity index is 2.33. The maximum absolute atomic E-state index is 12.1. The molecule has 19 heavy (non-hydrogen) atoms. The van der Waals surface area contributed by atoms with Crippen molar-refractivity contribution in [1.29, 1.82) is 0 Å². The van der Waals surface area contributed by atoms with Crippen LogP contribution in [0.5, 0.6) is 0 Å². The number of benzene rings is 1. The van der Waals surface area contributed by atoms with Crippen molar-refractivity contribution in [3.63, 3.8) is 0 Å². The van der Waals surface area contributed by atoms with E-state index < -0.39 is 0 Å². The number of aromatic nitrogens is 2. The van der Waals surface area contributed by atoms with Gasteiger partial charge < -0.3 is 10.2 Å². The van der Waals surface area contributed by atoms with Gasteiger partial charge in [0.1, 0.15) is 0 Å². The Morgan fingerprint density at radius 1 is 1.00 bits per heavy atom. The van der Waals surface area contributed by atoms with E-state index in [9.17, 15) is 4.79 Å². The largest absolute Gasteiger partial charge is 0.395 e. The zero-order chi connectivity index (χ0) is 13.7. The molecular formula is C14H18N2O3. The fourth-order valence-electron chi connectivity index (χ4n) is 2.14. The summed E-state index contributed by atoms with van der Waals surface area (Å²) in [6, 6.07) is 9.85. The van der Waals surface area contributed by atoms with Crippen LogP contribution in [0.4, 0.5) is 0 Å². The average molecular weight is 262 g/mol. The lowest BCUT2D eigenvalue weighted by atomic mass is 10.1. The molecule has 5 heteroatoms. The molecule has 0 spiro atoms. The lowest BCUT2D eigenvalue weighted by Gasteiger charge is -2.05. The number of aliphatic hydroxyl groups is 2. The number of nitrogens with zero attached hydrogens (tertiary/aromatic N) is 2. The van der Waals surface area contributed by atoms with E-state index in [4.69, 9.17) is 10.2 Å². The van der Waals surface area contributed by atoms with Gasteiger partial charge in [0.2, 0.25) is 0 Å². The first-order valence-electron chi connectivity index (χ1n) is 6.30. The number of imidazole rings is 1. The Morgan fingerprint density at radius 2 is 1.68 bits per heavy atom. The van der Waals surface area contributed by atoms with Gasteiger partial charge in [-0.05, 0) is 5.56 Å². The number of rotatable bonds is 6. The van der Waals surface area contributed by atoms with Crippen LogP contribution in [0.15, 0.2) is 41.3 Å². The molecule has 2 aromatic rings. The van der Waals surface area contributed by atoms with Crippen molar-refractivity contribution >= 4 is 0 Å². The molecule has 0 aliphatic rings. The fourth-order valence-corrected chi connectivity index (χ4v) is 2.14. The van der Waals surface area contributed by atoms with Gasteiger partial charge in [0, 0.05) is 18.3 Å². The van der Waals surface area contributed by atoms with Crippen LogP contribution in [0.2, 0.25) is 0 Å². The monoisotopic (exact) mass is 262 g/mol. The Hall–Kier alpha value is -1.85. The van der Waals surface area contributed by atoms with E-state index in [1.807, 2.05) is 30.3 Å². The first-order valence-corrected chi connectivity index (χ1v) is 6.30. The molecule has 0 atom stereocenters. The second kappa shape index (κ2) is 6.36. The normalized spacial score (nSPS) is 10.8. The highest BCUT2D eigenvalue weighted by Crippen LogP contribution is 2.08. The average Bonchev–Trinajstić information content (AvgIpc) is 2.70. The highest BCUT2D eigenvalue weighted by Gasteiger charge is 2.10. The molecule has 1 aromatic heterocycles. The Bertz CT molecular complexity index is 572. The highest BCUT2D eigenvalue weighted by atomic mass is 16.3. The summed E-state index contributed by atoms with van der Waals surface area (Å²) in [5.41, 5.74) is 1.77. The van der Waals surface area contributed by atoms with Gasteiger partial charge in [0.25, 0.3) is 0 Å². The molecule has 0 aliphatic heterocycles. The van der Waals surface area contributed by atoms with E-state index in [-0.39, 0.29) is 32.0 Å². The molecule has 102 valence electrons. The van der Waals surface area contributed by atoms with Gasteiger partial charge in [0.15, 0.2) is 0 Å². The van der Waals surface area contributed by atoms with Gasteiger partial charge in [-0.3, -0.25) is 9.13 Å². The first-order chi connectivity index (χ1) is 9.26. The van der Waals surface area contributed by atoms with Crippen LogP contribution in [0.1, 0.15) is 11.3 Å². The molecule has 0 amide bonds. The molecule has 0 aliphatic carbocycles. The second-order valence-corrected chi connectivity index (χ2v) is 4.36. The van der Waals surface area contributed by atoms with Gasteiger partial charge in [-0.1, -0.05) is 30.3 Å². The molecule has 2 rings (SSSR count). The maximum Gasteiger partial charge on any atom is 0.328 e. The van der Waals surface area contributed by atoms with Gasteiger partial charge in [0.05, 0.1) is 26.3 Å².